The number of pyridine rings is 1. The van der Waals surface area contributed by atoms with Crippen molar-refractivity contribution in [2.24, 2.45) is 0 Å². The molecule has 0 amide bonds. The van der Waals surface area contributed by atoms with E-state index in [4.69, 9.17) is 10.5 Å². The van der Waals surface area contributed by atoms with Crippen molar-refractivity contribution < 1.29 is 9.53 Å². The highest BCUT2D eigenvalue weighted by atomic mass is 32.1. The number of anilines is 1. The van der Waals surface area contributed by atoms with Crippen LogP contribution in [0.5, 0.6) is 0 Å². The van der Waals surface area contributed by atoms with E-state index in [0.29, 0.717) is 21.2 Å². The number of rotatable bonds is 6. The van der Waals surface area contributed by atoms with Gasteiger partial charge in [0, 0.05) is 30.0 Å². The molecule has 0 radical (unpaired) electrons. The lowest BCUT2D eigenvalue weighted by atomic mass is 10.1. The van der Waals surface area contributed by atoms with Gasteiger partial charge in [-0.15, -0.1) is 11.3 Å². The van der Waals surface area contributed by atoms with Crippen molar-refractivity contribution in [2.45, 2.75) is 13.5 Å². The second-order valence-corrected chi connectivity index (χ2v) is 7.78. The predicted octanol–water partition coefficient (Wildman–Crippen LogP) is 3.05. The summed E-state index contributed by atoms with van der Waals surface area (Å²) in [6.45, 7) is 1.95. The largest absolute Gasteiger partial charge is 0.462 e. The van der Waals surface area contributed by atoms with E-state index in [0.717, 1.165) is 10.1 Å². The van der Waals surface area contributed by atoms with Crippen molar-refractivity contribution >= 4 is 45.5 Å². The molecule has 0 atom stereocenters. The van der Waals surface area contributed by atoms with Crippen LogP contribution >= 0.6 is 11.3 Å². The Morgan fingerprint density at radius 2 is 2.00 bits per heavy atom. The Morgan fingerprint density at radius 1 is 1.22 bits per heavy atom. The van der Waals surface area contributed by atoms with Crippen LogP contribution in [0.25, 0.3) is 22.4 Å². The van der Waals surface area contributed by atoms with Crippen LogP contribution in [-0.4, -0.2) is 26.7 Å². The predicted molar refractivity (Wildman–Crippen MR) is 126 cm³/mol. The number of hydrogen-bond donors (Lipinski definition) is 1. The molecule has 2 N–H and O–H groups in total. The van der Waals surface area contributed by atoms with Gasteiger partial charge in [-0.3, -0.25) is 13.9 Å². The van der Waals surface area contributed by atoms with E-state index >= 15 is 0 Å². The molecular formula is C23H20N4O4S. The summed E-state index contributed by atoms with van der Waals surface area (Å²) < 4.78 is 8.16. The first-order valence-corrected chi connectivity index (χ1v) is 10.7. The monoisotopic (exact) mass is 448 g/mol. The lowest BCUT2D eigenvalue weighted by Gasteiger charge is -2.08. The van der Waals surface area contributed by atoms with Gasteiger partial charge in [-0.05, 0) is 29.5 Å². The fraction of sp³-hybridized carbons (Fsp3) is 0.130. The van der Waals surface area contributed by atoms with Crippen LogP contribution in [-0.2, 0) is 11.3 Å². The van der Waals surface area contributed by atoms with Crippen molar-refractivity contribution in [3.63, 3.8) is 0 Å². The van der Waals surface area contributed by atoms with Crippen molar-refractivity contribution in [1.82, 2.24) is 14.1 Å². The lowest BCUT2D eigenvalue weighted by molar-refractivity contribution is 0.0528. The fourth-order valence-electron chi connectivity index (χ4n) is 3.29. The summed E-state index contributed by atoms with van der Waals surface area (Å²) in [5, 5.41) is 2.32. The molecule has 0 aliphatic rings. The zero-order valence-electron chi connectivity index (χ0n) is 17.2. The topological polar surface area (TPSA) is 109 Å². The molecule has 0 saturated heterocycles. The molecule has 8 nitrogen and oxygen atoms in total. The lowest BCUT2D eigenvalue weighted by Crippen LogP contribution is -2.37. The van der Waals surface area contributed by atoms with Gasteiger partial charge < -0.3 is 10.5 Å². The second-order valence-electron chi connectivity index (χ2n) is 6.90. The van der Waals surface area contributed by atoms with Crippen molar-refractivity contribution in [2.75, 3.05) is 12.3 Å². The number of ether oxygens (including phenoxy) is 1. The van der Waals surface area contributed by atoms with E-state index in [9.17, 15) is 14.4 Å². The number of esters is 1. The number of fused-ring (bicyclic) bond motifs is 1. The van der Waals surface area contributed by atoms with Gasteiger partial charge in [0.05, 0.1) is 23.4 Å². The zero-order chi connectivity index (χ0) is 22.7. The molecule has 0 unspecified atom stereocenters. The Bertz CT molecular complexity index is 1430. The van der Waals surface area contributed by atoms with E-state index in [2.05, 4.69) is 4.98 Å². The summed E-state index contributed by atoms with van der Waals surface area (Å²) >= 11 is 1.29. The van der Waals surface area contributed by atoms with Crippen LogP contribution in [0.2, 0.25) is 0 Å². The van der Waals surface area contributed by atoms with Crippen LogP contribution in [0.3, 0.4) is 0 Å². The number of nitrogens with two attached hydrogens (primary N) is 1. The van der Waals surface area contributed by atoms with Gasteiger partial charge in [0.2, 0.25) is 0 Å². The summed E-state index contributed by atoms with van der Waals surface area (Å²) in [6.07, 6.45) is 6.20. The number of carbonyl (C=O) groups is 1. The molecule has 0 aliphatic carbocycles. The number of thiophene rings is 1. The minimum absolute atomic E-state index is 0.00412. The SMILES string of the molecule is CCOC(=O)c1cnc(N)c2c(Cn3c(=O)ccn(C=Cc4ccccc4)c3=O)csc12. The highest BCUT2D eigenvalue weighted by Gasteiger charge is 2.19. The fourth-order valence-corrected chi connectivity index (χ4v) is 4.36. The van der Waals surface area contributed by atoms with E-state index in [-0.39, 0.29) is 19.0 Å². The molecule has 1 aromatic carbocycles. The normalized spacial score (nSPS) is 11.3. The average Bonchev–Trinajstić information content (AvgIpc) is 3.22. The van der Waals surface area contributed by atoms with E-state index in [1.807, 2.05) is 30.3 Å². The highest BCUT2D eigenvalue weighted by Crippen LogP contribution is 2.33. The molecule has 0 fully saturated rings. The Labute approximate surface area is 186 Å². The molecule has 3 heterocycles. The first-order chi connectivity index (χ1) is 15.5. The maximum absolute atomic E-state index is 13.0. The maximum Gasteiger partial charge on any atom is 0.341 e. The molecule has 0 bridgehead atoms. The van der Waals surface area contributed by atoms with Crippen LogP contribution < -0.4 is 17.0 Å². The molecule has 9 heteroatoms. The van der Waals surface area contributed by atoms with Crippen LogP contribution in [0.15, 0.2) is 63.8 Å². The molecule has 0 saturated carbocycles. The van der Waals surface area contributed by atoms with Crippen molar-refractivity contribution in [3.8, 4) is 0 Å². The molecule has 0 spiro atoms. The third-order valence-electron chi connectivity index (χ3n) is 4.85. The summed E-state index contributed by atoms with van der Waals surface area (Å²) in [7, 11) is 0. The smallest absolute Gasteiger partial charge is 0.341 e. The second kappa shape index (κ2) is 9.03. The van der Waals surface area contributed by atoms with Crippen LogP contribution in [0, 0.1) is 0 Å². The minimum Gasteiger partial charge on any atom is -0.462 e. The van der Waals surface area contributed by atoms with Gasteiger partial charge in [0.25, 0.3) is 5.56 Å². The number of benzene rings is 1. The molecule has 3 aromatic heterocycles. The Balaban J connectivity index is 1.74. The maximum atomic E-state index is 13.0. The summed E-state index contributed by atoms with van der Waals surface area (Å²) in [5.74, 6) is -0.277. The van der Waals surface area contributed by atoms with E-state index in [1.54, 1.807) is 24.6 Å². The molecular weight excluding hydrogens is 428 g/mol. The highest BCUT2D eigenvalue weighted by molar-refractivity contribution is 7.17. The van der Waals surface area contributed by atoms with Crippen LogP contribution in [0.4, 0.5) is 5.82 Å². The third kappa shape index (κ3) is 4.10. The Hall–Kier alpha value is -3.98. The Kier molecular flexibility index (Phi) is 6.00. The molecule has 4 aromatic rings. The summed E-state index contributed by atoms with van der Waals surface area (Å²) in [4.78, 5) is 41.8. The van der Waals surface area contributed by atoms with E-state index in [1.165, 1.54) is 34.4 Å². The van der Waals surface area contributed by atoms with Gasteiger partial charge in [0.1, 0.15) is 5.82 Å². The molecule has 0 aliphatic heterocycles. The van der Waals surface area contributed by atoms with Crippen molar-refractivity contribution in [1.29, 1.82) is 0 Å². The first-order valence-electron chi connectivity index (χ1n) is 9.86. The van der Waals surface area contributed by atoms with Crippen LogP contribution in [0.1, 0.15) is 28.4 Å². The molecule has 4 rings (SSSR count). The molecule has 32 heavy (non-hydrogen) atoms. The minimum atomic E-state index is -0.497. The summed E-state index contributed by atoms with van der Waals surface area (Å²) in [6, 6.07) is 10.8. The number of hydrogen-bond acceptors (Lipinski definition) is 7. The first kappa shape index (κ1) is 21.3. The number of nitrogen functional groups attached to an aromatic ring is 1. The van der Waals surface area contributed by atoms with Crippen molar-refractivity contribution in [3.05, 3.63) is 91.7 Å². The van der Waals surface area contributed by atoms with Gasteiger partial charge >= 0.3 is 11.7 Å². The third-order valence-corrected chi connectivity index (χ3v) is 5.91. The van der Waals surface area contributed by atoms with E-state index < -0.39 is 17.2 Å². The molecule has 162 valence electrons. The number of nitrogens with zero attached hydrogens (tertiary/aromatic N) is 3. The Morgan fingerprint density at radius 3 is 2.75 bits per heavy atom. The van der Waals surface area contributed by atoms with Gasteiger partial charge in [-0.1, -0.05) is 30.3 Å². The zero-order valence-corrected chi connectivity index (χ0v) is 18.0. The number of carbonyl (C=O) groups excluding carboxylic acids is 1. The summed E-state index contributed by atoms with van der Waals surface area (Å²) in [5.41, 5.74) is 7.00. The quantitative estimate of drug-likeness (QED) is 0.454. The van der Waals surface area contributed by atoms with Gasteiger partial charge in [-0.25, -0.2) is 14.6 Å². The standard InChI is InChI=1S/C23H20N4O4S/c1-2-31-22(29)17-12-25-21(24)19-16(14-32-20(17)19)13-27-18(28)9-11-26(23(27)30)10-8-15-6-4-3-5-7-15/h3-12,14H,2,13H2,1H3,(H2,24,25). The van der Waals surface area contributed by atoms with Gasteiger partial charge in [-0.2, -0.15) is 0 Å². The number of aromatic nitrogens is 3. The average molecular weight is 449 g/mol. The van der Waals surface area contributed by atoms with Gasteiger partial charge in [0.15, 0.2) is 0 Å².